The summed E-state index contributed by atoms with van der Waals surface area (Å²) >= 11 is 24.7. The largest absolute Gasteiger partial charge is 0.481 e. The fourth-order valence-electron chi connectivity index (χ4n) is 8.44. The SMILES string of the molecule is O=C(O)CC(NC(=O)[C@H](COCCOCCOCCOC(=O)NCCCCNC(=O)OCCOCCOCCOC[C@H](NC(=O)CCCCNc1ccccn1)C(=O)NC(CC(=O)O)c1cc(Cl)cc(Cl)c1)NC(=O)CCCCNc1ccccn1)c1cc(Cl)cc(Cl)c1. The molecule has 2 heterocycles. The molecule has 0 aliphatic heterocycles. The molecule has 0 radical (unpaired) electrons. The van der Waals surface area contributed by atoms with Gasteiger partial charge in [-0.25, -0.2) is 19.6 Å². The highest BCUT2D eigenvalue weighted by Crippen LogP contribution is 2.27. The van der Waals surface area contributed by atoms with Gasteiger partial charge in [0.1, 0.15) is 36.9 Å². The van der Waals surface area contributed by atoms with Crippen LogP contribution in [0.2, 0.25) is 20.1 Å². The van der Waals surface area contributed by atoms with E-state index in [2.05, 4.69) is 52.5 Å². The summed E-state index contributed by atoms with van der Waals surface area (Å²) in [6.45, 7) is 2.47. The van der Waals surface area contributed by atoms with Crippen molar-refractivity contribution in [2.24, 2.45) is 0 Å². The number of nitrogens with one attached hydrogen (secondary N) is 8. The van der Waals surface area contributed by atoms with Gasteiger partial charge >= 0.3 is 24.1 Å². The van der Waals surface area contributed by atoms with E-state index in [1.54, 1.807) is 24.5 Å². The Balaban J connectivity index is 0.992. The lowest BCUT2D eigenvalue weighted by molar-refractivity contribution is -0.139. The Morgan fingerprint density at radius 3 is 1.10 bits per heavy atom. The standard InChI is InChI=1S/C62H84Cl4N10O18/c63-45-33-43(34-46(64)37-45)49(39-57(79)80)75-59(83)51(73-55(77)13-3-7-17-69-53-11-1-5-15-67-53)41-91-27-25-87-21-23-89-29-31-93-61(85)71-19-9-10-20-72-62(86)94-32-30-90-24-22-88-26-28-92-42-52(74-56(78)14-4-8-18-70-54-12-2-6-16-68-54)60(84)76-50(40-58(81)82)44-35-47(65)38-48(66)36-44/h1-2,5-6,11-12,15-16,33-38,49-52H,3-4,7-10,13-14,17-32,39-42H2,(H,67,69)(H,68,70)(H,71,85)(H,72,86)(H,73,77)(H,74,78)(H,75,83)(H,76,84)(H,79,80)(H,81,82)/t49?,50?,51-,52-/m0/s1. The van der Waals surface area contributed by atoms with Gasteiger partial charge in [-0.2, -0.15) is 0 Å². The minimum atomic E-state index is -1.19. The molecule has 6 amide bonds. The number of halogens is 4. The second kappa shape index (κ2) is 48.3. The number of ether oxygens (including phenoxy) is 8. The molecule has 2 aromatic carbocycles. The van der Waals surface area contributed by atoms with Crippen LogP contribution in [0.15, 0.2) is 85.2 Å². The highest BCUT2D eigenvalue weighted by atomic mass is 35.5. The second-order valence-electron chi connectivity index (χ2n) is 20.6. The number of anilines is 2. The Kier molecular flexibility index (Phi) is 40.7. The third-order valence-corrected chi connectivity index (χ3v) is 13.9. The van der Waals surface area contributed by atoms with Crippen LogP contribution in [0, 0.1) is 0 Å². The summed E-state index contributed by atoms with van der Waals surface area (Å²) in [6.07, 6.45) is 4.74. The first-order valence-corrected chi connectivity index (χ1v) is 32.1. The average Bonchev–Trinajstić information content (AvgIpc) is 0.889. The van der Waals surface area contributed by atoms with Crippen LogP contribution in [0.3, 0.4) is 0 Å². The summed E-state index contributed by atoms with van der Waals surface area (Å²) in [5.74, 6) is -3.11. The molecule has 10 N–H and O–H groups in total. The zero-order chi connectivity index (χ0) is 68.0. The molecule has 0 saturated carbocycles. The van der Waals surface area contributed by atoms with Crippen molar-refractivity contribution in [3.05, 3.63) is 116 Å². The van der Waals surface area contributed by atoms with E-state index >= 15 is 0 Å². The predicted molar refractivity (Wildman–Crippen MR) is 349 cm³/mol. The van der Waals surface area contributed by atoms with Crippen LogP contribution >= 0.6 is 46.4 Å². The Bertz CT molecular complexity index is 2670. The molecule has 0 bridgehead atoms. The molecular weight excluding hydrogens is 1310 g/mol. The third kappa shape index (κ3) is 37.5. The summed E-state index contributed by atoms with van der Waals surface area (Å²) in [5.41, 5.74) is 0.731. The number of aliphatic carboxylic acids is 2. The number of nitrogens with zero attached hydrogens (tertiary/aromatic N) is 2. The number of unbranched alkanes of at least 4 members (excludes halogenated alkanes) is 3. The van der Waals surface area contributed by atoms with Crippen molar-refractivity contribution >= 4 is 106 Å². The molecular formula is C62H84Cl4N10O18. The molecule has 2 unspecified atom stereocenters. The van der Waals surface area contributed by atoms with Crippen LogP contribution in [-0.4, -0.2) is 199 Å². The van der Waals surface area contributed by atoms with Gasteiger partial charge in [0.25, 0.3) is 0 Å². The van der Waals surface area contributed by atoms with Gasteiger partial charge in [-0.3, -0.25) is 28.8 Å². The fraction of sp³-hybridized carbons (Fsp3) is 0.516. The molecule has 0 saturated heterocycles. The van der Waals surface area contributed by atoms with Crippen LogP contribution in [0.4, 0.5) is 21.2 Å². The molecule has 0 aliphatic rings. The van der Waals surface area contributed by atoms with Crippen molar-refractivity contribution in [2.75, 3.05) is 129 Å². The lowest BCUT2D eigenvalue weighted by Gasteiger charge is -2.23. The molecule has 0 aliphatic carbocycles. The van der Waals surface area contributed by atoms with Crippen molar-refractivity contribution in [2.45, 2.75) is 88.4 Å². The first-order valence-electron chi connectivity index (χ1n) is 30.6. The van der Waals surface area contributed by atoms with Gasteiger partial charge < -0.3 is 90.6 Å². The third-order valence-electron chi connectivity index (χ3n) is 13.0. The number of benzene rings is 2. The Morgan fingerprint density at radius 1 is 0.415 bits per heavy atom. The van der Waals surface area contributed by atoms with E-state index in [4.69, 9.17) is 84.3 Å². The van der Waals surface area contributed by atoms with Gasteiger partial charge in [0.05, 0.1) is 104 Å². The number of aromatic nitrogens is 2. The molecule has 4 atom stereocenters. The summed E-state index contributed by atoms with van der Waals surface area (Å²) in [7, 11) is 0. The maximum atomic E-state index is 13.6. The van der Waals surface area contributed by atoms with Gasteiger partial charge in [-0.15, -0.1) is 0 Å². The normalized spacial score (nSPS) is 12.3. The number of pyridine rings is 2. The van der Waals surface area contributed by atoms with Crippen LogP contribution in [0.1, 0.15) is 87.4 Å². The van der Waals surface area contributed by atoms with Crippen molar-refractivity contribution < 1.29 is 86.5 Å². The quantitative estimate of drug-likeness (QED) is 0.0200. The van der Waals surface area contributed by atoms with Crippen LogP contribution in [-0.2, 0) is 66.7 Å². The average molecular weight is 1400 g/mol. The molecule has 518 valence electrons. The highest BCUT2D eigenvalue weighted by molar-refractivity contribution is 6.35. The van der Waals surface area contributed by atoms with E-state index in [9.17, 15) is 48.6 Å². The van der Waals surface area contributed by atoms with Crippen LogP contribution in [0.25, 0.3) is 0 Å². The number of carbonyl (C=O) groups excluding carboxylic acids is 6. The Labute approximate surface area is 565 Å². The van der Waals surface area contributed by atoms with Crippen molar-refractivity contribution in [1.82, 2.24) is 41.9 Å². The number of carboxylic acid groups (broad SMARTS) is 2. The molecule has 32 heteroatoms. The monoisotopic (exact) mass is 1400 g/mol. The Morgan fingerprint density at radius 2 is 0.755 bits per heavy atom. The highest BCUT2D eigenvalue weighted by Gasteiger charge is 2.28. The first kappa shape index (κ1) is 79.1. The molecule has 94 heavy (non-hydrogen) atoms. The number of rotatable bonds is 51. The number of alkyl carbamates (subject to hydrolysis) is 2. The predicted octanol–water partition coefficient (Wildman–Crippen LogP) is 6.92. The number of carboxylic acids is 2. The van der Waals surface area contributed by atoms with E-state index in [0.29, 0.717) is 87.5 Å². The maximum Gasteiger partial charge on any atom is 0.407 e. The number of hydrogen-bond donors (Lipinski definition) is 10. The molecule has 4 rings (SSSR count). The molecule has 28 nitrogen and oxygen atoms in total. The Hall–Kier alpha value is -7.38. The van der Waals surface area contributed by atoms with Crippen molar-refractivity contribution in [1.29, 1.82) is 0 Å². The minimum absolute atomic E-state index is 0.0180. The van der Waals surface area contributed by atoms with E-state index in [1.807, 2.05) is 24.3 Å². The fourth-order valence-corrected chi connectivity index (χ4v) is 9.53. The van der Waals surface area contributed by atoms with Gasteiger partial charge in [0.2, 0.25) is 23.6 Å². The molecule has 2 aromatic heterocycles. The zero-order valence-corrected chi connectivity index (χ0v) is 55.0. The van der Waals surface area contributed by atoms with E-state index in [-0.39, 0.29) is 125 Å². The van der Waals surface area contributed by atoms with Gasteiger partial charge in [-0.05, 0) is 110 Å². The van der Waals surface area contributed by atoms with Crippen LogP contribution in [0.5, 0.6) is 0 Å². The van der Waals surface area contributed by atoms with E-state index in [0.717, 1.165) is 0 Å². The molecule has 0 fully saturated rings. The lowest BCUT2D eigenvalue weighted by Crippen LogP contribution is -2.50. The summed E-state index contributed by atoms with van der Waals surface area (Å²) in [5, 5.41) is 42.6. The second-order valence-corrected chi connectivity index (χ2v) is 22.3. The van der Waals surface area contributed by atoms with Gasteiger partial charge in [0.15, 0.2) is 0 Å². The van der Waals surface area contributed by atoms with E-state index in [1.165, 1.54) is 36.4 Å². The zero-order valence-electron chi connectivity index (χ0n) is 52.0. The summed E-state index contributed by atoms with van der Waals surface area (Å²) in [6, 6.07) is 15.5. The van der Waals surface area contributed by atoms with Crippen molar-refractivity contribution in [3.63, 3.8) is 0 Å². The summed E-state index contributed by atoms with van der Waals surface area (Å²) in [4.78, 5) is 109. The van der Waals surface area contributed by atoms with Crippen LogP contribution < -0.4 is 42.5 Å². The topological polar surface area (TPSA) is 373 Å². The van der Waals surface area contributed by atoms with E-state index < -0.39 is 84.8 Å². The van der Waals surface area contributed by atoms with Gasteiger partial charge in [0, 0.05) is 71.5 Å². The molecule has 4 aromatic rings. The maximum absolute atomic E-state index is 13.6. The number of carbonyl (C=O) groups is 8. The first-order chi connectivity index (χ1) is 45.4. The summed E-state index contributed by atoms with van der Waals surface area (Å²) < 4.78 is 43.7. The lowest BCUT2D eigenvalue weighted by atomic mass is 10.0. The number of amides is 6. The van der Waals surface area contributed by atoms with Crippen molar-refractivity contribution in [3.8, 4) is 0 Å². The van der Waals surface area contributed by atoms with Gasteiger partial charge in [-0.1, -0.05) is 58.5 Å². The molecule has 0 spiro atoms. The number of hydrogen-bond acceptors (Lipinski definition) is 20. The smallest absolute Gasteiger partial charge is 0.407 e. The minimum Gasteiger partial charge on any atom is -0.481 e.